The summed E-state index contributed by atoms with van der Waals surface area (Å²) in [5.74, 6) is -1.42. The van der Waals surface area contributed by atoms with E-state index in [-0.39, 0.29) is 24.9 Å². The van der Waals surface area contributed by atoms with Crippen molar-refractivity contribution >= 4 is 51.0 Å². The van der Waals surface area contributed by atoms with Gasteiger partial charge in [-0.15, -0.1) is 11.3 Å². The molecular formula is C22H24ClN3O5S. The van der Waals surface area contributed by atoms with Crippen molar-refractivity contribution in [2.45, 2.75) is 64.1 Å². The molecule has 1 aliphatic carbocycles. The molecule has 0 aliphatic heterocycles. The summed E-state index contributed by atoms with van der Waals surface area (Å²) in [6, 6.07) is 4.92. The zero-order chi connectivity index (χ0) is 22.7. The molecule has 2 aromatic heterocycles. The number of nitrogens with zero attached hydrogens (tertiary/aromatic N) is 3. The van der Waals surface area contributed by atoms with Gasteiger partial charge in [0.15, 0.2) is 16.8 Å². The third-order valence-corrected chi connectivity index (χ3v) is 6.63. The minimum atomic E-state index is -0.954. The Morgan fingerprint density at radius 2 is 2.12 bits per heavy atom. The van der Waals surface area contributed by atoms with Crippen LogP contribution in [0.2, 0.25) is 5.02 Å². The number of fused-ring (bicyclic) bond motifs is 1. The zero-order valence-electron chi connectivity index (χ0n) is 17.7. The fourth-order valence-electron chi connectivity index (χ4n) is 4.06. The minimum absolute atomic E-state index is 0.0613. The van der Waals surface area contributed by atoms with Gasteiger partial charge in [0.2, 0.25) is 0 Å². The van der Waals surface area contributed by atoms with Crippen LogP contribution in [0.25, 0.3) is 11.1 Å². The lowest BCUT2D eigenvalue weighted by molar-refractivity contribution is -0.154. The number of ether oxygens (including phenoxy) is 1. The van der Waals surface area contributed by atoms with Gasteiger partial charge in [-0.05, 0) is 31.9 Å². The molecule has 0 spiro atoms. The van der Waals surface area contributed by atoms with Gasteiger partial charge in [-0.1, -0.05) is 30.9 Å². The SMILES string of the molecule is CC(OC(=O)CCn1c(=O)oc2cc(Cl)ccc21)C(=O)N(c1nccs1)C1CCCCC1. The van der Waals surface area contributed by atoms with Crippen LogP contribution in [-0.4, -0.2) is 33.6 Å². The summed E-state index contributed by atoms with van der Waals surface area (Å²) in [7, 11) is 0. The van der Waals surface area contributed by atoms with Crippen LogP contribution in [0.3, 0.4) is 0 Å². The van der Waals surface area contributed by atoms with Crippen LogP contribution in [0.1, 0.15) is 45.4 Å². The minimum Gasteiger partial charge on any atom is -0.452 e. The Morgan fingerprint density at radius 1 is 1.34 bits per heavy atom. The number of thiazole rings is 1. The molecule has 1 saturated carbocycles. The van der Waals surface area contributed by atoms with E-state index >= 15 is 0 Å². The van der Waals surface area contributed by atoms with Gasteiger partial charge in [-0.2, -0.15) is 0 Å². The number of anilines is 1. The highest BCUT2D eigenvalue weighted by Crippen LogP contribution is 2.29. The van der Waals surface area contributed by atoms with Crippen molar-refractivity contribution in [2.75, 3.05) is 4.90 Å². The van der Waals surface area contributed by atoms with E-state index in [1.165, 1.54) is 15.9 Å². The largest absolute Gasteiger partial charge is 0.452 e. The Bertz CT molecular complexity index is 1150. The topological polar surface area (TPSA) is 94.6 Å². The quantitative estimate of drug-likeness (QED) is 0.468. The molecule has 1 atom stereocenters. The molecule has 8 nitrogen and oxygen atoms in total. The highest BCUT2D eigenvalue weighted by Gasteiger charge is 2.33. The molecule has 32 heavy (non-hydrogen) atoms. The molecule has 3 aromatic rings. The Morgan fingerprint density at radius 3 is 2.84 bits per heavy atom. The second-order valence-corrected chi connectivity index (χ2v) is 9.14. The maximum atomic E-state index is 13.2. The van der Waals surface area contributed by atoms with Crippen LogP contribution in [0, 0.1) is 0 Å². The van der Waals surface area contributed by atoms with E-state index in [0.717, 1.165) is 32.1 Å². The highest BCUT2D eigenvalue weighted by molar-refractivity contribution is 7.13. The number of esters is 1. The van der Waals surface area contributed by atoms with E-state index in [9.17, 15) is 14.4 Å². The Balaban J connectivity index is 1.41. The number of halogens is 1. The second-order valence-electron chi connectivity index (χ2n) is 7.83. The number of rotatable bonds is 7. The molecule has 2 heterocycles. The predicted octanol–water partition coefficient (Wildman–Crippen LogP) is 4.39. The average molecular weight is 478 g/mol. The van der Waals surface area contributed by atoms with Crippen LogP contribution in [0.15, 0.2) is 39.0 Å². The number of aromatic nitrogens is 2. The number of carbonyl (C=O) groups is 2. The summed E-state index contributed by atoms with van der Waals surface area (Å²) < 4.78 is 12.0. The maximum absolute atomic E-state index is 13.2. The van der Waals surface area contributed by atoms with Gasteiger partial charge in [0, 0.05) is 35.3 Å². The van der Waals surface area contributed by atoms with Crippen molar-refractivity contribution in [3.05, 3.63) is 45.3 Å². The Kier molecular flexibility index (Phi) is 6.95. The number of hydrogen-bond acceptors (Lipinski definition) is 7. The molecule has 0 bridgehead atoms. The molecular weight excluding hydrogens is 454 g/mol. The van der Waals surface area contributed by atoms with Crippen molar-refractivity contribution in [1.82, 2.24) is 9.55 Å². The van der Waals surface area contributed by atoms with Crippen molar-refractivity contribution in [3.63, 3.8) is 0 Å². The van der Waals surface area contributed by atoms with Crippen molar-refractivity contribution < 1.29 is 18.7 Å². The Hall–Kier alpha value is -2.65. The summed E-state index contributed by atoms with van der Waals surface area (Å²) in [5.41, 5.74) is 0.898. The third-order valence-electron chi connectivity index (χ3n) is 5.63. The maximum Gasteiger partial charge on any atom is 0.419 e. The number of oxazole rings is 1. The van der Waals surface area contributed by atoms with Crippen LogP contribution in [0.5, 0.6) is 0 Å². The number of hydrogen-bond donors (Lipinski definition) is 0. The molecule has 4 rings (SSSR count). The molecule has 1 fully saturated rings. The monoisotopic (exact) mass is 477 g/mol. The van der Waals surface area contributed by atoms with E-state index < -0.39 is 17.8 Å². The first-order valence-electron chi connectivity index (χ1n) is 10.6. The first-order chi connectivity index (χ1) is 15.4. The van der Waals surface area contributed by atoms with Crippen molar-refractivity contribution in [1.29, 1.82) is 0 Å². The molecule has 1 amide bonds. The van der Waals surface area contributed by atoms with Gasteiger partial charge < -0.3 is 9.15 Å². The van der Waals surface area contributed by atoms with Gasteiger partial charge in [0.05, 0.1) is 11.9 Å². The number of amides is 1. The van der Waals surface area contributed by atoms with E-state index in [2.05, 4.69) is 4.98 Å². The first kappa shape index (κ1) is 22.5. The number of benzene rings is 1. The van der Waals surface area contributed by atoms with E-state index in [1.807, 2.05) is 5.38 Å². The Labute approximate surface area is 193 Å². The fraction of sp³-hybridized carbons (Fsp3) is 0.455. The molecule has 1 aliphatic rings. The molecule has 0 radical (unpaired) electrons. The van der Waals surface area contributed by atoms with Gasteiger partial charge >= 0.3 is 11.7 Å². The lowest BCUT2D eigenvalue weighted by atomic mass is 9.94. The summed E-state index contributed by atoms with van der Waals surface area (Å²) in [6.45, 7) is 1.65. The van der Waals surface area contributed by atoms with Crippen molar-refractivity contribution in [2.24, 2.45) is 0 Å². The van der Waals surface area contributed by atoms with Gasteiger partial charge in [0.25, 0.3) is 5.91 Å². The number of carbonyl (C=O) groups excluding carboxylic acids is 2. The molecule has 170 valence electrons. The van der Waals surface area contributed by atoms with Crippen LogP contribution >= 0.6 is 22.9 Å². The fourth-order valence-corrected chi connectivity index (χ4v) is 4.94. The van der Waals surface area contributed by atoms with Gasteiger partial charge in [-0.25, -0.2) is 9.78 Å². The van der Waals surface area contributed by atoms with Crippen molar-refractivity contribution in [3.8, 4) is 0 Å². The first-order valence-corrected chi connectivity index (χ1v) is 11.9. The van der Waals surface area contributed by atoms with E-state index in [4.69, 9.17) is 20.8 Å². The molecule has 0 saturated heterocycles. The normalized spacial score (nSPS) is 15.6. The average Bonchev–Trinajstić information content (AvgIpc) is 3.40. The summed E-state index contributed by atoms with van der Waals surface area (Å²) in [6.07, 6.45) is 5.74. The standard InChI is InChI=1S/C22H24ClN3O5S/c1-14(20(28)26(21-24-10-12-32-21)16-5-3-2-4-6-16)30-19(27)9-11-25-17-8-7-15(23)13-18(17)31-22(25)29/h7-8,10,12-14,16H,2-6,9,11H2,1H3. The van der Waals surface area contributed by atoms with E-state index in [0.29, 0.717) is 21.3 Å². The summed E-state index contributed by atoms with van der Waals surface area (Å²) in [5, 5.41) is 2.91. The third kappa shape index (κ3) is 4.88. The molecule has 10 heteroatoms. The van der Waals surface area contributed by atoms with Crippen LogP contribution in [0.4, 0.5) is 5.13 Å². The summed E-state index contributed by atoms with van der Waals surface area (Å²) >= 11 is 7.33. The number of aryl methyl sites for hydroxylation is 1. The molecule has 1 unspecified atom stereocenters. The van der Waals surface area contributed by atoms with Crippen LogP contribution < -0.4 is 10.7 Å². The highest BCUT2D eigenvalue weighted by atomic mass is 35.5. The van der Waals surface area contributed by atoms with E-state index in [1.54, 1.807) is 36.2 Å². The lowest BCUT2D eigenvalue weighted by Gasteiger charge is -2.33. The van der Waals surface area contributed by atoms with Gasteiger partial charge in [0.1, 0.15) is 0 Å². The van der Waals surface area contributed by atoms with Gasteiger partial charge in [-0.3, -0.25) is 19.1 Å². The smallest absolute Gasteiger partial charge is 0.419 e. The molecule has 1 aromatic carbocycles. The van der Waals surface area contributed by atoms with Crippen LogP contribution in [-0.2, 0) is 20.9 Å². The summed E-state index contributed by atoms with van der Waals surface area (Å²) in [4.78, 5) is 43.8. The zero-order valence-corrected chi connectivity index (χ0v) is 19.2. The molecule has 0 N–H and O–H groups in total. The lowest BCUT2D eigenvalue weighted by Crippen LogP contribution is -2.47. The second kappa shape index (κ2) is 9.87. The predicted molar refractivity (Wildman–Crippen MR) is 122 cm³/mol.